The van der Waals surface area contributed by atoms with E-state index in [0.29, 0.717) is 12.2 Å². The second kappa shape index (κ2) is 12.0. The zero-order valence-electron chi connectivity index (χ0n) is 16.7. The molecule has 28 heavy (non-hydrogen) atoms. The van der Waals surface area contributed by atoms with Crippen molar-refractivity contribution in [3.05, 3.63) is 54.0 Å². The van der Waals surface area contributed by atoms with Gasteiger partial charge < -0.3 is 20.4 Å². The molecule has 2 aromatic rings. The third-order valence-electron chi connectivity index (χ3n) is 3.93. The van der Waals surface area contributed by atoms with Crippen LogP contribution in [0.2, 0.25) is 0 Å². The molecule has 2 rings (SSSR count). The number of guanidine groups is 1. The number of furan rings is 1. The fourth-order valence-corrected chi connectivity index (χ4v) is 2.45. The molecule has 6 nitrogen and oxygen atoms in total. The molecule has 1 amide bonds. The van der Waals surface area contributed by atoms with E-state index in [2.05, 4.69) is 41.0 Å². The zero-order chi connectivity index (χ0) is 19.7. The summed E-state index contributed by atoms with van der Waals surface area (Å²) in [5.41, 5.74) is 1.72. The number of rotatable bonds is 8. The van der Waals surface area contributed by atoms with Gasteiger partial charge in [0.2, 0.25) is 0 Å². The SMILES string of the molecule is CCNC(=NCc1cccc(NC(=O)c2ccco2)c1)NCC(C)(C)SC.I. The minimum atomic E-state index is -0.269. The average molecular weight is 516 g/mol. The molecule has 0 spiro atoms. The molecule has 0 unspecified atom stereocenters. The smallest absolute Gasteiger partial charge is 0.291 e. The largest absolute Gasteiger partial charge is 0.459 e. The van der Waals surface area contributed by atoms with Crippen molar-refractivity contribution in [3.8, 4) is 0 Å². The number of hydrogen-bond acceptors (Lipinski definition) is 4. The Morgan fingerprint density at radius 3 is 2.64 bits per heavy atom. The molecule has 154 valence electrons. The molecule has 0 atom stereocenters. The lowest BCUT2D eigenvalue weighted by molar-refractivity contribution is 0.0996. The maximum Gasteiger partial charge on any atom is 0.291 e. The molecule has 1 aromatic carbocycles. The Labute approximate surface area is 188 Å². The third kappa shape index (κ3) is 8.14. The summed E-state index contributed by atoms with van der Waals surface area (Å²) in [5, 5.41) is 9.48. The molecule has 1 aromatic heterocycles. The van der Waals surface area contributed by atoms with Crippen LogP contribution in [0.1, 0.15) is 36.9 Å². The quantitative estimate of drug-likeness (QED) is 0.276. The second-order valence-corrected chi connectivity index (χ2v) is 8.16. The number of benzene rings is 1. The summed E-state index contributed by atoms with van der Waals surface area (Å²) < 4.78 is 5.25. The highest BCUT2D eigenvalue weighted by Gasteiger charge is 2.16. The predicted molar refractivity (Wildman–Crippen MR) is 129 cm³/mol. The van der Waals surface area contributed by atoms with Gasteiger partial charge in [0.05, 0.1) is 12.8 Å². The van der Waals surface area contributed by atoms with Crippen molar-refractivity contribution in [2.45, 2.75) is 32.1 Å². The molecule has 0 saturated carbocycles. The van der Waals surface area contributed by atoms with E-state index in [1.54, 1.807) is 12.1 Å². The second-order valence-electron chi connectivity index (χ2n) is 6.64. The first-order valence-electron chi connectivity index (χ1n) is 8.94. The summed E-state index contributed by atoms with van der Waals surface area (Å²) in [6, 6.07) is 11.0. The molecular weight excluding hydrogens is 487 g/mol. The van der Waals surface area contributed by atoms with E-state index < -0.39 is 0 Å². The first-order valence-corrected chi connectivity index (χ1v) is 10.2. The molecule has 0 aliphatic heterocycles. The van der Waals surface area contributed by atoms with Crippen LogP contribution < -0.4 is 16.0 Å². The van der Waals surface area contributed by atoms with Gasteiger partial charge in [-0.25, -0.2) is 4.99 Å². The van der Waals surface area contributed by atoms with Crippen LogP contribution in [0.5, 0.6) is 0 Å². The van der Waals surface area contributed by atoms with Crippen LogP contribution in [-0.2, 0) is 6.54 Å². The Kier molecular flexibility index (Phi) is 10.4. The number of aliphatic imine (C=N–C) groups is 1. The topological polar surface area (TPSA) is 78.7 Å². The highest BCUT2D eigenvalue weighted by atomic mass is 127. The number of nitrogens with zero attached hydrogens (tertiary/aromatic N) is 1. The zero-order valence-corrected chi connectivity index (χ0v) is 19.9. The van der Waals surface area contributed by atoms with Gasteiger partial charge in [0, 0.05) is 23.5 Å². The van der Waals surface area contributed by atoms with Crippen LogP contribution in [0, 0.1) is 0 Å². The van der Waals surface area contributed by atoms with Crippen LogP contribution in [0.3, 0.4) is 0 Å². The number of nitrogens with one attached hydrogen (secondary N) is 3. The van der Waals surface area contributed by atoms with Crippen molar-refractivity contribution in [1.82, 2.24) is 10.6 Å². The van der Waals surface area contributed by atoms with Crippen molar-refractivity contribution in [1.29, 1.82) is 0 Å². The van der Waals surface area contributed by atoms with E-state index >= 15 is 0 Å². The molecule has 0 aliphatic carbocycles. The Morgan fingerprint density at radius 1 is 1.21 bits per heavy atom. The minimum Gasteiger partial charge on any atom is -0.459 e. The van der Waals surface area contributed by atoms with E-state index in [4.69, 9.17) is 4.42 Å². The summed E-state index contributed by atoms with van der Waals surface area (Å²) in [6.45, 7) is 8.56. The standard InChI is InChI=1S/C20H28N4O2S.HI/c1-5-21-19(23-14-20(2,3)27-4)22-13-15-8-6-9-16(12-15)24-18(25)17-10-7-11-26-17;/h6-12H,5,13-14H2,1-4H3,(H,24,25)(H2,21,22,23);1H. The summed E-state index contributed by atoms with van der Waals surface area (Å²) in [4.78, 5) is 16.7. The molecule has 1 heterocycles. The van der Waals surface area contributed by atoms with E-state index in [1.807, 2.05) is 43.0 Å². The maximum atomic E-state index is 12.1. The maximum absolute atomic E-state index is 12.1. The molecule has 3 N–H and O–H groups in total. The van der Waals surface area contributed by atoms with Gasteiger partial charge in [-0.1, -0.05) is 12.1 Å². The number of thioether (sulfide) groups is 1. The summed E-state index contributed by atoms with van der Waals surface area (Å²) in [5.74, 6) is 0.799. The van der Waals surface area contributed by atoms with Crippen LogP contribution >= 0.6 is 35.7 Å². The lowest BCUT2D eigenvalue weighted by atomic mass is 10.2. The normalized spacial score (nSPS) is 11.5. The highest BCUT2D eigenvalue weighted by molar-refractivity contribution is 14.0. The first kappa shape index (κ1) is 24.4. The Hall–Kier alpha value is -1.68. The van der Waals surface area contributed by atoms with Gasteiger partial charge in [0.25, 0.3) is 5.91 Å². The Bertz CT molecular complexity index is 763. The van der Waals surface area contributed by atoms with Crippen molar-refractivity contribution >= 4 is 53.3 Å². The predicted octanol–water partition coefficient (Wildman–Crippen LogP) is 4.35. The third-order valence-corrected chi connectivity index (χ3v) is 5.18. The van der Waals surface area contributed by atoms with Gasteiger partial charge in [-0.3, -0.25) is 4.79 Å². The Balaban J connectivity index is 0.00000392. The van der Waals surface area contributed by atoms with Gasteiger partial charge in [-0.15, -0.1) is 24.0 Å². The summed E-state index contributed by atoms with van der Waals surface area (Å²) >= 11 is 1.81. The summed E-state index contributed by atoms with van der Waals surface area (Å²) in [6.07, 6.45) is 3.59. The lowest BCUT2D eigenvalue weighted by Crippen LogP contribution is -2.43. The molecule has 8 heteroatoms. The number of carbonyl (C=O) groups excluding carboxylic acids is 1. The Morgan fingerprint density at radius 2 is 2.00 bits per heavy atom. The first-order chi connectivity index (χ1) is 12.9. The van der Waals surface area contributed by atoms with E-state index in [1.165, 1.54) is 6.26 Å². The van der Waals surface area contributed by atoms with E-state index in [-0.39, 0.29) is 40.4 Å². The van der Waals surface area contributed by atoms with Gasteiger partial charge in [0.15, 0.2) is 11.7 Å². The monoisotopic (exact) mass is 516 g/mol. The van der Waals surface area contributed by atoms with Crippen molar-refractivity contribution in [2.24, 2.45) is 4.99 Å². The van der Waals surface area contributed by atoms with E-state index in [0.717, 1.165) is 24.6 Å². The van der Waals surface area contributed by atoms with Gasteiger partial charge in [-0.05, 0) is 56.9 Å². The number of halogens is 1. The molecule has 0 radical (unpaired) electrons. The van der Waals surface area contributed by atoms with Crippen LogP contribution in [0.15, 0.2) is 52.1 Å². The van der Waals surface area contributed by atoms with Crippen LogP contribution in [0.25, 0.3) is 0 Å². The van der Waals surface area contributed by atoms with Crippen LogP contribution in [-0.4, -0.2) is 36.0 Å². The van der Waals surface area contributed by atoms with E-state index in [9.17, 15) is 4.79 Å². The van der Waals surface area contributed by atoms with Crippen molar-refractivity contribution < 1.29 is 9.21 Å². The lowest BCUT2D eigenvalue weighted by Gasteiger charge is -2.23. The summed E-state index contributed by atoms with van der Waals surface area (Å²) in [7, 11) is 0. The highest BCUT2D eigenvalue weighted by Crippen LogP contribution is 2.19. The van der Waals surface area contributed by atoms with Crippen molar-refractivity contribution in [2.75, 3.05) is 24.7 Å². The number of anilines is 1. The van der Waals surface area contributed by atoms with Crippen molar-refractivity contribution in [3.63, 3.8) is 0 Å². The molecule has 0 saturated heterocycles. The van der Waals surface area contributed by atoms with Gasteiger partial charge in [0.1, 0.15) is 0 Å². The molecule has 0 bridgehead atoms. The fraction of sp³-hybridized carbons (Fsp3) is 0.400. The van der Waals surface area contributed by atoms with Gasteiger partial charge in [-0.2, -0.15) is 11.8 Å². The number of amides is 1. The minimum absolute atomic E-state index is 0. The average Bonchev–Trinajstić information content (AvgIpc) is 3.19. The van der Waals surface area contributed by atoms with Gasteiger partial charge >= 0.3 is 0 Å². The number of carbonyl (C=O) groups is 1. The fourth-order valence-electron chi connectivity index (χ4n) is 2.23. The number of hydrogen-bond donors (Lipinski definition) is 3. The molecule has 0 aliphatic rings. The van der Waals surface area contributed by atoms with Crippen LogP contribution in [0.4, 0.5) is 5.69 Å². The molecular formula is C20H29IN4O2S. The molecule has 0 fully saturated rings.